The second-order valence-electron chi connectivity index (χ2n) is 4.38. The van der Waals surface area contributed by atoms with Gasteiger partial charge in [0.2, 0.25) is 0 Å². The molecule has 0 radical (unpaired) electrons. The number of hydrogen-bond donors (Lipinski definition) is 2. The number of nitrogen functional groups attached to an aromatic ring is 1. The van der Waals surface area contributed by atoms with Gasteiger partial charge < -0.3 is 15.7 Å². The largest absolute Gasteiger partial charge is 0.398 e. The summed E-state index contributed by atoms with van der Waals surface area (Å²) < 4.78 is 0.852. The zero-order valence-electron chi connectivity index (χ0n) is 9.36. The molecule has 2 atom stereocenters. The number of nitrogens with two attached hydrogens (primary N) is 1. The number of halogens is 1. The fourth-order valence-electron chi connectivity index (χ4n) is 2.35. The van der Waals surface area contributed by atoms with Gasteiger partial charge in [-0.3, -0.25) is 0 Å². The average molecular weight is 285 g/mol. The number of rotatable bonds is 2. The standard InChI is InChI=1S/C12H17BrN2O/c1-15-7-3-6-10(15)12(16)8-4-2-5-9(13)11(8)14/h2,4-5,10,12,16H,3,6-7,14H2,1H3. The molecule has 3 nitrogen and oxygen atoms in total. The van der Waals surface area contributed by atoms with Gasteiger partial charge in [0.25, 0.3) is 0 Å². The second kappa shape index (κ2) is 4.73. The maximum absolute atomic E-state index is 10.4. The molecule has 1 aromatic rings. The molecular formula is C12H17BrN2O. The number of benzene rings is 1. The predicted molar refractivity (Wildman–Crippen MR) is 69.2 cm³/mol. The molecule has 1 heterocycles. The van der Waals surface area contributed by atoms with Crippen molar-refractivity contribution in [2.75, 3.05) is 19.3 Å². The van der Waals surface area contributed by atoms with Crippen molar-refractivity contribution in [2.24, 2.45) is 0 Å². The summed E-state index contributed by atoms with van der Waals surface area (Å²) in [5, 5.41) is 10.4. The molecule has 2 rings (SSSR count). The van der Waals surface area contributed by atoms with Crippen molar-refractivity contribution in [2.45, 2.75) is 25.0 Å². The Hall–Kier alpha value is -0.580. The molecule has 0 saturated carbocycles. The van der Waals surface area contributed by atoms with Crippen molar-refractivity contribution in [3.8, 4) is 0 Å². The number of likely N-dealkylation sites (tertiary alicyclic amines) is 1. The lowest BCUT2D eigenvalue weighted by Gasteiger charge is -2.26. The molecule has 4 heteroatoms. The van der Waals surface area contributed by atoms with Gasteiger partial charge in [0.05, 0.1) is 11.8 Å². The molecule has 1 saturated heterocycles. The lowest BCUT2D eigenvalue weighted by atomic mass is 9.99. The van der Waals surface area contributed by atoms with Gasteiger partial charge in [-0.25, -0.2) is 0 Å². The Labute approximate surface area is 104 Å². The van der Waals surface area contributed by atoms with Crippen molar-refractivity contribution < 1.29 is 5.11 Å². The Morgan fingerprint density at radius 3 is 2.94 bits per heavy atom. The van der Waals surface area contributed by atoms with E-state index in [2.05, 4.69) is 27.9 Å². The summed E-state index contributed by atoms with van der Waals surface area (Å²) in [5.41, 5.74) is 7.45. The van der Waals surface area contributed by atoms with E-state index in [-0.39, 0.29) is 6.04 Å². The van der Waals surface area contributed by atoms with Gasteiger partial charge in [-0.05, 0) is 48.4 Å². The molecule has 1 fully saturated rings. The quantitative estimate of drug-likeness (QED) is 0.819. The van der Waals surface area contributed by atoms with E-state index in [1.165, 1.54) is 0 Å². The van der Waals surface area contributed by atoms with E-state index in [0.29, 0.717) is 5.69 Å². The fraction of sp³-hybridized carbons (Fsp3) is 0.500. The van der Waals surface area contributed by atoms with E-state index in [1.807, 2.05) is 18.2 Å². The van der Waals surface area contributed by atoms with Gasteiger partial charge >= 0.3 is 0 Å². The summed E-state index contributed by atoms with van der Waals surface area (Å²) in [6, 6.07) is 5.89. The van der Waals surface area contributed by atoms with E-state index >= 15 is 0 Å². The summed E-state index contributed by atoms with van der Waals surface area (Å²) in [4.78, 5) is 2.20. The van der Waals surface area contributed by atoms with E-state index in [4.69, 9.17) is 5.73 Å². The minimum absolute atomic E-state index is 0.191. The molecule has 3 N–H and O–H groups in total. The van der Waals surface area contributed by atoms with Crippen LogP contribution in [0.5, 0.6) is 0 Å². The van der Waals surface area contributed by atoms with Crippen LogP contribution >= 0.6 is 15.9 Å². The van der Waals surface area contributed by atoms with Crippen LogP contribution in [0.1, 0.15) is 24.5 Å². The first kappa shape index (κ1) is 11.9. The summed E-state index contributed by atoms with van der Waals surface area (Å²) >= 11 is 3.39. The highest BCUT2D eigenvalue weighted by Gasteiger charge is 2.30. The third-order valence-electron chi connectivity index (χ3n) is 3.35. The summed E-state index contributed by atoms with van der Waals surface area (Å²) in [6.07, 6.45) is 1.68. The number of likely N-dealkylation sites (N-methyl/N-ethyl adjacent to an activating group) is 1. The van der Waals surface area contributed by atoms with E-state index in [1.54, 1.807) is 0 Å². The van der Waals surface area contributed by atoms with Crippen LogP contribution in [0.25, 0.3) is 0 Å². The van der Waals surface area contributed by atoms with E-state index in [0.717, 1.165) is 29.4 Å². The minimum Gasteiger partial charge on any atom is -0.398 e. The van der Waals surface area contributed by atoms with Crippen LogP contribution < -0.4 is 5.73 Å². The van der Waals surface area contributed by atoms with Crippen molar-refractivity contribution in [3.63, 3.8) is 0 Å². The molecule has 16 heavy (non-hydrogen) atoms. The zero-order valence-corrected chi connectivity index (χ0v) is 10.9. The SMILES string of the molecule is CN1CCCC1C(O)c1cccc(Br)c1N. The Morgan fingerprint density at radius 1 is 1.56 bits per heavy atom. The van der Waals surface area contributed by atoms with Crippen LogP contribution in [0.3, 0.4) is 0 Å². The summed E-state index contributed by atoms with van der Waals surface area (Å²) in [6.45, 7) is 1.05. The summed E-state index contributed by atoms with van der Waals surface area (Å²) in [5.74, 6) is 0. The molecule has 1 aliphatic heterocycles. The van der Waals surface area contributed by atoms with E-state index in [9.17, 15) is 5.11 Å². The molecule has 0 spiro atoms. The topological polar surface area (TPSA) is 49.5 Å². The molecule has 0 bridgehead atoms. The van der Waals surface area contributed by atoms with Crippen molar-refractivity contribution in [1.29, 1.82) is 0 Å². The highest BCUT2D eigenvalue weighted by Crippen LogP contribution is 2.34. The first-order valence-corrected chi connectivity index (χ1v) is 6.32. The Bertz CT molecular complexity index is 383. The number of nitrogens with zero attached hydrogens (tertiary/aromatic N) is 1. The first-order chi connectivity index (χ1) is 7.61. The fourth-order valence-corrected chi connectivity index (χ4v) is 2.74. The van der Waals surface area contributed by atoms with Crippen molar-refractivity contribution in [1.82, 2.24) is 4.90 Å². The van der Waals surface area contributed by atoms with Crippen LogP contribution in [-0.4, -0.2) is 29.6 Å². The maximum atomic E-state index is 10.4. The van der Waals surface area contributed by atoms with Gasteiger partial charge in [-0.1, -0.05) is 12.1 Å². The van der Waals surface area contributed by atoms with Crippen LogP contribution in [0, 0.1) is 0 Å². The number of para-hydroxylation sites is 1. The molecule has 1 aliphatic rings. The lowest BCUT2D eigenvalue weighted by Crippen LogP contribution is -2.31. The smallest absolute Gasteiger partial charge is 0.0965 e. The maximum Gasteiger partial charge on any atom is 0.0965 e. The van der Waals surface area contributed by atoms with Crippen LogP contribution in [0.15, 0.2) is 22.7 Å². The van der Waals surface area contributed by atoms with Gasteiger partial charge in [0.1, 0.15) is 0 Å². The molecular weight excluding hydrogens is 268 g/mol. The van der Waals surface area contributed by atoms with Gasteiger partial charge in [-0.15, -0.1) is 0 Å². The molecule has 0 aromatic heterocycles. The highest BCUT2D eigenvalue weighted by molar-refractivity contribution is 9.10. The van der Waals surface area contributed by atoms with Crippen LogP contribution in [-0.2, 0) is 0 Å². The monoisotopic (exact) mass is 284 g/mol. The molecule has 0 aliphatic carbocycles. The average Bonchev–Trinajstić information content (AvgIpc) is 2.68. The van der Waals surface area contributed by atoms with Gasteiger partial charge in [0.15, 0.2) is 0 Å². The summed E-state index contributed by atoms with van der Waals surface area (Å²) in [7, 11) is 2.05. The third-order valence-corrected chi connectivity index (χ3v) is 4.04. The Balaban J connectivity index is 2.26. The highest BCUT2D eigenvalue weighted by atomic mass is 79.9. The van der Waals surface area contributed by atoms with Crippen LogP contribution in [0.2, 0.25) is 0 Å². The Kier molecular flexibility index (Phi) is 3.52. The predicted octanol–water partition coefficient (Wildman–Crippen LogP) is 2.16. The van der Waals surface area contributed by atoms with E-state index < -0.39 is 6.10 Å². The Morgan fingerprint density at radius 2 is 2.31 bits per heavy atom. The van der Waals surface area contributed by atoms with Crippen molar-refractivity contribution in [3.05, 3.63) is 28.2 Å². The van der Waals surface area contributed by atoms with Gasteiger partial charge in [0, 0.05) is 16.1 Å². The molecule has 0 amide bonds. The second-order valence-corrected chi connectivity index (χ2v) is 5.23. The molecule has 1 aromatic carbocycles. The van der Waals surface area contributed by atoms with Crippen LogP contribution in [0.4, 0.5) is 5.69 Å². The van der Waals surface area contributed by atoms with Crippen molar-refractivity contribution >= 4 is 21.6 Å². The lowest BCUT2D eigenvalue weighted by molar-refractivity contribution is 0.0862. The zero-order chi connectivity index (χ0) is 11.7. The molecule has 88 valence electrons. The first-order valence-electron chi connectivity index (χ1n) is 5.53. The number of hydrogen-bond acceptors (Lipinski definition) is 3. The molecule has 2 unspecified atom stereocenters. The number of anilines is 1. The minimum atomic E-state index is -0.495. The number of aliphatic hydroxyl groups excluding tert-OH is 1. The number of aliphatic hydroxyl groups is 1. The van der Waals surface area contributed by atoms with Gasteiger partial charge in [-0.2, -0.15) is 0 Å². The third kappa shape index (κ3) is 2.10. The normalized spacial score (nSPS) is 23.6.